The van der Waals surface area contributed by atoms with Crippen molar-refractivity contribution >= 4 is 5.97 Å². The Morgan fingerprint density at radius 2 is 1.96 bits per heavy atom. The summed E-state index contributed by atoms with van der Waals surface area (Å²) in [5.41, 5.74) is 0. The number of unbranched alkanes of at least 4 members (excludes halogenated alkanes) is 1. The van der Waals surface area contributed by atoms with E-state index in [-0.39, 0.29) is 18.6 Å². The second kappa shape index (κ2) is 10.9. The third kappa shape index (κ3) is 7.22. The smallest absolute Gasteiger partial charge is 0.303 e. The highest BCUT2D eigenvalue weighted by Gasteiger charge is 2.45. The summed E-state index contributed by atoms with van der Waals surface area (Å²) in [6.07, 6.45) is 14.9. The van der Waals surface area contributed by atoms with Crippen molar-refractivity contribution in [1.29, 1.82) is 0 Å². The molecule has 4 atom stereocenters. The summed E-state index contributed by atoms with van der Waals surface area (Å²) >= 11 is 0. The summed E-state index contributed by atoms with van der Waals surface area (Å²) in [4.78, 5) is 10.5. The number of hydrogen-bond donors (Lipinski definition) is 3. The quantitative estimate of drug-likeness (QED) is 0.364. The van der Waals surface area contributed by atoms with Crippen molar-refractivity contribution in [3.63, 3.8) is 0 Å². The van der Waals surface area contributed by atoms with Crippen molar-refractivity contribution in [2.75, 3.05) is 0 Å². The van der Waals surface area contributed by atoms with E-state index < -0.39 is 12.1 Å². The number of carboxylic acids is 1. The Morgan fingerprint density at radius 3 is 2.65 bits per heavy atom. The molecule has 3 N–H and O–H groups in total. The van der Waals surface area contributed by atoms with Crippen molar-refractivity contribution in [1.82, 2.24) is 0 Å². The van der Waals surface area contributed by atoms with E-state index in [1.165, 1.54) is 0 Å². The molecule has 0 radical (unpaired) electrons. The molecule has 1 aliphatic carbocycles. The minimum absolute atomic E-state index is 0.0579. The van der Waals surface area contributed by atoms with E-state index in [0.717, 1.165) is 32.1 Å². The molecule has 0 aromatic heterocycles. The Hall–Kier alpha value is -1.17. The lowest BCUT2D eigenvalue weighted by Crippen LogP contribution is -2.49. The van der Waals surface area contributed by atoms with Crippen LogP contribution in [0.25, 0.3) is 0 Å². The molecule has 0 aromatic rings. The number of allylic oxidation sites excluding steroid dienone is 2. The van der Waals surface area contributed by atoms with E-state index in [2.05, 4.69) is 12.2 Å². The first-order valence-corrected chi connectivity index (χ1v) is 10.0. The van der Waals surface area contributed by atoms with Crippen LogP contribution in [0.1, 0.15) is 64.7 Å². The van der Waals surface area contributed by atoms with Gasteiger partial charge in [-0.15, -0.1) is 0 Å². The van der Waals surface area contributed by atoms with E-state index >= 15 is 0 Å². The molecule has 2 heterocycles. The van der Waals surface area contributed by atoms with Crippen molar-refractivity contribution in [2.45, 2.75) is 89.1 Å². The molecule has 3 fully saturated rings. The van der Waals surface area contributed by atoms with Crippen molar-refractivity contribution in [3.05, 3.63) is 24.3 Å². The van der Waals surface area contributed by atoms with Gasteiger partial charge < -0.3 is 20.1 Å². The van der Waals surface area contributed by atoms with Crippen LogP contribution in [-0.2, 0) is 9.53 Å². The molecule has 0 spiro atoms. The number of ether oxygens (including phenoxy) is 1. The van der Waals surface area contributed by atoms with Gasteiger partial charge in [0.25, 0.3) is 0 Å². The Bertz CT molecular complexity index is 479. The lowest BCUT2D eigenvalue weighted by molar-refractivity contribution is -0.159. The number of carbonyl (C=O) groups is 1. The summed E-state index contributed by atoms with van der Waals surface area (Å²) < 4.78 is 6.12. The van der Waals surface area contributed by atoms with E-state index in [0.29, 0.717) is 37.2 Å². The molecule has 0 aromatic carbocycles. The van der Waals surface area contributed by atoms with Crippen LogP contribution < -0.4 is 0 Å². The minimum atomic E-state index is -0.739. The van der Waals surface area contributed by atoms with Crippen molar-refractivity contribution < 1.29 is 24.9 Å². The fourth-order valence-corrected chi connectivity index (χ4v) is 3.87. The number of rotatable bonds is 12. The zero-order valence-corrected chi connectivity index (χ0v) is 15.8. The summed E-state index contributed by atoms with van der Waals surface area (Å²) in [6.45, 7) is 1.77. The third-order valence-electron chi connectivity index (χ3n) is 5.49. The van der Waals surface area contributed by atoms with Gasteiger partial charge in [0, 0.05) is 6.42 Å². The van der Waals surface area contributed by atoms with Gasteiger partial charge in [0.05, 0.1) is 24.4 Å². The van der Waals surface area contributed by atoms with Crippen LogP contribution in [0.2, 0.25) is 0 Å². The maximum atomic E-state index is 10.5. The fourth-order valence-electron chi connectivity index (χ4n) is 3.87. The highest BCUT2D eigenvalue weighted by molar-refractivity contribution is 5.66. The Labute approximate surface area is 156 Å². The maximum Gasteiger partial charge on any atom is 0.303 e. The third-order valence-corrected chi connectivity index (χ3v) is 5.49. The van der Waals surface area contributed by atoms with Crippen LogP contribution in [0.15, 0.2) is 24.3 Å². The molecule has 5 heteroatoms. The van der Waals surface area contributed by atoms with E-state index in [4.69, 9.17) is 9.84 Å². The van der Waals surface area contributed by atoms with Crippen LogP contribution in [0.3, 0.4) is 0 Å². The van der Waals surface area contributed by atoms with Crippen molar-refractivity contribution in [2.24, 2.45) is 11.8 Å². The Kier molecular flexibility index (Phi) is 8.82. The molecule has 2 bridgehead atoms. The van der Waals surface area contributed by atoms with Gasteiger partial charge in [0.1, 0.15) is 0 Å². The van der Waals surface area contributed by atoms with Gasteiger partial charge in [-0.05, 0) is 70.1 Å². The van der Waals surface area contributed by atoms with Gasteiger partial charge >= 0.3 is 5.97 Å². The van der Waals surface area contributed by atoms with Crippen LogP contribution in [0.4, 0.5) is 0 Å². The monoisotopic (exact) mass is 366 g/mol. The molecular formula is C21H34O5. The number of hydrogen-bond acceptors (Lipinski definition) is 4. The molecule has 2 saturated heterocycles. The first kappa shape index (κ1) is 21.1. The predicted molar refractivity (Wildman–Crippen MR) is 101 cm³/mol. The molecule has 5 nitrogen and oxygen atoms in total. The summed E-state index contributed by atoms with van der Waals surface area (Å²) in [7, 11) is 0. The first-order valence-electron chi connectivity index (χ1n) is 10.0. The molecule has 2 aliphatic heterocycles. The number of carboxylic acid groups (broad SMARTS) is 1. The van der Waals surface area contributed by atoms with Gasteiger partial charge in [-0.25, -0.2) is 0 Å². The average Bonchev–Trinajstić information content (AvgIpc) is 2.55. The maximum absolute atomic E-state index is 10.5. The summed E-state index contributed by atoms with van der Waals surface area (Å²) in [5.74, 6) is 0.396. The normalized spacial score (nSPS) is 30.4. The minimum Gasteiger partial charge on any atom is -0.481 e. The van der Waals surface area contributed by atoms with Crippen LogP contribution in [0, 0.1) is 11.8 Å². The zero-order chi connectivity index (χ0) is 18.9. The topological polar surface area (TPSA) is 87.0 Å². The average molecular weight is 366 g/mol. The van der Waals surface area contributed by atoms with Crippen LogP contribution in [0.5, 0.6) is 0 Å². The molecule has 1 saturated carbocycles. The Balaban J connectivity index is 1.75. The number of aliphatic hydroxyl groups is 2. The second-order valence-electron chi connectivity index (χ2n) is 7.84. The molecule has 26 heavy (non-hydrogen) atoms. The highest BCUT2D eigenvalue weighted by atomic mass is 16.5. The van der Waals surface area contributed by atoms with Gasteiger partial charge in [-0.2, -0.15) is 0 Å². The summed E-state index contributed by atoms with van der Waals surface area (Å²) in [5, 5.41) is 28.0. The SMILES string of the molecule is CC(O)CCC[C@H](O)/C=C/[C@H]1OC2CC(C2)[C@@H]1C/C=C\CCCC(=O)O. The standard InChI is InChI=1S/C21H34O5/c1-15(22)7-6-8-17(23)11-12-20-19(16-13-18(14-16)26-20)9-4-2-3-5-10-21(24)25/h2,4,11-12,15-20,22-23H,3,5-10,13-14H2,1H3,(H,24,25)/b4-2-,12-11+/t15?,16?,17-,18?,19-,20+/m0/s1. The zero-order valence-electron chi connectivity index (χ0n) is 15.8. The van der Waals surface area contributed by atoms with Crippen molar-refractivity contribution in [3.8, 4) is 0 Å². The largest absolute Gasteiger partial charge is 0.481 e. The van der Waals surface area contributed by atoms with Gasteiger partial charge in [0.2, 0.25) is 0 Å². The molecule has 148 valence electrons. The van der Waals surface area contributed by atoms with Gasteiger partial charge in [-0.3, -0.25) is 4.79 Å². The highest BCUT2D eigenvalue weighted by Crippen LogP contribution is 2.46. The second-order valence-corrected chi connectivity index (χ2v) is 7.84. The molecular weight excluding hydrogens is 332 g/mol. The number of aliphatic hydroxyl groups excluding tert-OH is 2. The number of aliphatic carboxylic acids is 1. The molecule has 0 amide bonds. The molecule has 3 aliphatic rings. The van der Waals surface area contributed by atoms with E-state index in [1.54, 1.807) is 6.92 Å². The summed E-state index contributed by atoms with van der Waals surface area (Å²) in [6, 6.07) is 0. The predicted octanol–water partition coefficient (Wildman–Crippen LogP) is 3.45. The first-order chi connectivity index (χ1) is 12.5. The van der Waals surface area contributed by atoms with Gasteiger partial charge in [0.15, 0.2) is 0 Å². The number of fused-ring (bicyclic) bond motifs is 2. The lowest BCUT2D eigenvalue weighted by Gasteiger charge is -2.50. The van der Waals surface area contributed by atoms with E-state index in [9.17, 15) is 15.0 Å². The van der Waals surface area contributed by atoms with Crippen LogP contribution >= 0.6 is 0 Å². The van der Waals surface area contributed by atoms with E-state index in [1.807, 2.05) is 12.2 Å². The Morgan fingerprint density at radius 1 is 1.19 bits per heavy atom. The fraction of sp³-hybridized carbons (Fsp3) is 0.762. The lowest BCUT2D eigenvalue weighted by atomic mass is 9.67. The van der Waals surface area contributed by atoms with Gasteiger partial charge in [-0.1, -0.05) is 24.3 Å². The van der Waals surface area contributed by atoms with Crippen LogP contribution in [-0.4, -0.2) is 45.7 Å². The molecule has 3 rings (SSSR count). The molecule has 1 unspecified atom stereocenters.